The molecule has 0 aromatic rings. The summed E-state index contributed by atoms with van der Waals surface area (Å²) < 4.78 is 6.29. The van der Waals surface area contributed by atoms with Crippen molar-refractivity contribution in [2.24, 2.45) is 5.73 Å². The highest BCUT2D eigenvalue weighted by atomic mass is 28.4. The molecule has 0 bridgehead atoms. The van der Waals surface area contributed by atoms with Crippen molar-refractivity contribution in [2.45, 2.75) is 70.3 Å². The lowest BCUT2D eigenvalue weighted by atomic mass is 10.2. The Labute approximate surface area is 89.3 Å². The minimum absolute atomic E-state index is 0.319. The first kappa shape index (κ1) is 12.2. The zero-order valence-electron chi connectivity index (χ0n) is 10.3. The van der Waals surface area contributed by atoms with Crippen LogP contribution in [0.25, 0.3) is 0 Å². The van der Waals surface area contributed by atoms with Gasteiger partial charge in [-0.2, -0.15) is 0 Å². The molecule has 0 radical (unpaired) electrons. The molecular weight excluding hydrogens is 190 g/mol. The smallest absolute Gasteiger partial charge is 0.192 e. The van der Waals surface area contributed by atoms with Gasteiger partial charge in [0.25, 0.3) is 0 Å². The van der Waals surface area contributed by atoms with Gasteiger partial charge in [0, 0.05) is 12.1 Å². The molecule has 1 fully saturated rings. The molecule has 0 spiro atoms. The molecule has 2 nitrogen and oxygen atoms in total. The Bertz CT molecular complexity index is 198. The second-order valence-corrected chi connectivity index (χ2v) is 10.8. The molecule has 1 aliphatic carbocycles. The molecule has 0 heterocycles. The van der Waals surface area contributed by atoms with Crippen LogP contribution in [0.15, 0.2) is 0 Å². The summed E-state index contributed by atoms with van der Waals surface area (Å²) in [6.07, 6.45) is 3.80. The van der Waals surface area contributed by atoms with Crippen LogP contribution in [0.4, 0.5) is 0 Å². The van der Waals surface area contributed by atoms with Crippen molar-refractivity contribution in [3.63, 3.8) is 0 Å². The van der Waals surface area contributed by atoms with Crippen LogP contribution in [0.3, 0.4) is 0 Å². The maximum Gasteiger partial charge on any atom is 0.192 e. The Morgan fingerprint density at radius 1 is 1.21 bits per heavy atom. The molecule has 0 aromatic carbocycles. The summed E-state index contributed by atoms with van der Waals surface area (Å²) in [6, 6.07) is 0.379. The van der Waals surface area contributed by atoms with Gasteiger partial charge in [0.2, 0.25) is 0 Å². The van der Waals surface area contributed by atoms with Crippen molar-refractivity contribution in [1.82, 2.24) is 0 Å². The van der Waals surface area contributed by atoms with Gasteiger partial charge in [-0.3, -0.25) is 0 Å². The molecule has 1 rings (SSSR count). The third-order valence-corrected chi connectivity index (χ3v) is 8.23. The largest absolute Gasteiger partial charge is 0.414 e. The third-order valence-electron chi connectivity index (χ3n) is 3.69. The Balaban J connectivity index is 2.51. The second kappa shape index (κ2) is 3.95. The molecule has 0 aromatic heterocycles. The number of nitrogens with two attached hydrogens (primary N) is 1. The van der Waals surface area contributed by atoms with Gasteiger partial charge in [-0.05, 0) is 37.4 Å². The lowest BCUT2D eigenvalue weighted by Gasteiger charge is -2.38. The first-order chi connectivity index (χ1) is 6.22. The van der Waals surface area contributed by atoms with Crippen LogP contribution in [0.5, 0.6) is 0 Å². The van der Waals surface area contributed by atoms with Crippen molar-refractivity contribution < 1.29 is 4.43 Å². The predicted molar refractivity (Wildman–Crippen MR) is 63.9 cm³/mol. The van der Waals surface area contributed by atoms with Crippen LogP contribution >= 0.6 is 0 Å². The first-order valence-corrected chi connectivity index (χ1v) is 8.56. The number of rotatable bonds is 2. The monoisotopic (exact) mass is 215 g/mol. The molecular formula is C11H25NOSi. The van der Waals surface area contributed by atoms with E-state index in [1.54, 1.807) is 0 Å². The van der Waals surface area contributed by atoms with E-state index < -0.39 is 8.32 Å². The normalized spacial score (nSPS) is 29.6. The highest BCUT2D eigenvalue weighted by Crippen LogP contribution is 2.39. The molecule has 0 aliphatic heterocycles. The SMILES string of the molecule is CC(C)(C)[Si](C)(C)OC1CCC(N)C1. The Morgan fingerprint density at radius 2 is 1.79 bits per heavy atom. The summed E-state index contributed by atoms with van der Waals surface area (Å²) in [7, 11) is -1.56. The topological polar surface area (TPSA) is 35.2 Å². The molecule has 0 saturated heterocycles. The van der Waals surface area contributed by atoms with Crippen LogP contribution in [0, 0.1) is 0 Å². The highest BCUT2D eigenvalue weighted by Gasteiger charge is 2.40. The van der Waals surface area contributed by atoms with Gasteiger partial charge >= 0.3 is 0 Å². The van der Waals surface area contributed by atoms with Crippen molar-refractivity contribution >= 4 is 8.32 Å². The number of hydrogen-bond donors (Lipinski definition) is 1. The van der Waals surface area contributed by atoms with E-state index in [0.717, 1.165) is 19.3 Å². The summed E-state index contributed by atoms with van der Waals surface area (Å²) >= 11 is 0. The molecule has 2 unspecified atom stereocenters. The van der Waals surface area contributed by atoms with Gasteiger partial charge in [0.05, 0.1) is 0 Å². The van der Waals surface area contributed by atoms with Crippen molar-refractivity contribution in [2.75, 3.05) is 0 Å². The molecule has 3 heteroatoms. The molecule has 1 aliphatic rings. The predicted octanol–water partition coefficient (Wildman–Crippen LogP) is 2.89. The fraction of sp³-hybridized carbons (Fsp3) is 1.00. The van der Waals surface area contributed by atoms with Crippen LogP contribution < -0.4 is 5.73 Å². The molecule has 2 atom stereocenters. The molecule has 1 saturated carbocycles. The molecule has 84 valence electrons. The average molecular weight is 215 g/mol. The van der Waals surface area contributed by atoms with Crippen LogP contribution in [0.1, 0.15) is 40.0 Å². The van der Waals surface area contributed by atoms with E-state index in [4.69, 9.17) is 10.2 Å². The third kappa shape index (κ3) is 2.81. The summed E-state index contributed by atoms with van der Waals surface area (Å²) in [5.41, 5.74) is 5.89. The Morgan fingerprint density at radius 3 is 2.14 bits per heavy atom. The van der Waals surface area contributed by atoms with Gasteiger partial charge in [0.1, 0.15) is 0 Å². The summed E-state index contributed by atoms with van der Waals surface area (Å²) in [4.78, 5) is 0. The van der Waals surface area contributed by atoms with Crippen LogP contribution in [-0.4, -0.2) is 20.5 Å². The first-order valence-electron chi connectivity index (χ1n) is 5.66. The minimum atomic E-state index is -1.56. The van der Waals surface area contributed by atoms with Gasteiger partial charge in [-0.25, -0.2) is 0 Å². The summed E-state index contributed by atoms with van der Waals surface area (Å²) in [5, 5.41) is 0.319. The van der Waals surface area contributed by atoms with Crippen molar-refractivity contribution in [1.29, 1.82) is 0 Å². The Kier molecular flexibility index (Phi) is 3.44. The fourth-order valence-electron chi connectivity index (χ4n) is 1.67. The summed E-state index contributed by atoms with van der Waals surface area (Å²) in [5.74, 6) is 0. The van der Waals surface area contributed by atoms with Crippen LogP contribution in [0.2, 0.25) is 18.1 Å². The minimum Gasteiger partial charge on any atom is -0.414 e. The lowest BCUT2D eigenvalue weighted by molar-refractivity contribution is 0.186. The average Bonchev–Trinajstić information content (AvgIpc) is 2.31. The zero-order valence-corrected chi connectivity index (χ0v) is 11.3. The van der Waals surface area contributed by atoms with E-state index in [2.05, 4.69) is 33.9 Å². The van der Waals surface area contributed by atoms with Gasteiger partial charge in [-0.15, -0.1) is 0 Å². The quantitative estimate of drug-likeness (QED) is 0.719. The zero-order chi connectivity index (χ0) is 11.0. The van der Waals surface area contributed by atoms with Crippen molar-refractivity contribution in [3.8, 4) is 0 Å². The standard InChI is InChI=1S/C11H25NOSi/c1-11(2,3)14(4,5)13-10-7-6-9(12)8-10/h9-10H,6-8,12H2,1-5H3. The van der Waals surface area contributed by atoms with E-state index in [-0.39, 0.29) is 0 Å². The van der Waals surface area contributed by atoms with E-state index >= 15 is 0 Å². The maximum absolute atomic E-state index is 6.29. The second-order valence-electron chi connectivity index (χ2n) is 6.07. The van der Waals surface area contributed by atoms with Crippen molar-refractivity contribution in [3.05, 3.63) is 0 Å². The van der Waals surface area contributed by atoms with E-state index in [9.17, 15) is 0 Å². The maximum atomic E-state index is 6.29. The lowest BCUT2D eigenvalue weighted by Crippen LogP contribution is -2.43. The highest BCUT2D eigenvalue weighted by molar-refractivity contribution is 6.74. The van der Waals surface area contributed by atoms with Crippen LogP contribution in [-0.2, 0) is 4.43 Å². The molecule has 2 N–H and O–H groups in total. The number of hydrogen-bond acceptors (Lipinski definition) is 2. The van der Waals surface area contributed by atoms with E-state index in [0.29, 0.717) is 17.2 Å². The summed E-state index contributed by atoms with van der Waals surface area (Å²) in [6.45, 7) is 11.5. The van der Waals surface area contributed by atoms with Gasteiger partial charge in [0.15, 0.2) is 8.32 Å². The fourth-order valence-corrected chi connectivity index (χ4v) is 3.07. The van der Waals surface area contributed by atoms with Gasteiger partial charge < -0.3 is 10.2 Å². The van der Waals surface area contributed by atoms with Gasteiger partial charge in [-0.1, -0.05) is 20.8 Å². The molecule has 14 heavy (non-hydrogen) atoms. The van der Waals surface area contributed by atoms with E-state index in [1.165, 1.54) is 0 Å². The van der Waals surface area contributed by atoms with E-state index in [1.807, 2.05) is 0 Å². The Hall–Kier alpha value is 0.137. The molecule has 0 amide bonds.